The number of nitriles is 1. The van der Waals surface area contributed by atoms with Crippen LogP contribution in [-0.2, 0) is 16.0 Å². The molecule has 0 spiro atoms. The predicted octanol–water partition coefficient (Wildman–Crippen LogP) is 1.99. The van der Waals surface area contributed by atoms with Crippen LogP contribution in [0, 0.1) is 21.4 Å². The Morgan fingerprint density at radius 1 is 1.46 bits per heavy atom. The summed E-state index contributed by atoms with van der Waals surface area (Å²) in [7, 11) is 0. The zero-order valence-electron chi connectivity index (χ0n) is 13.4. The fraction of sp³-hybridized carbons (Fsp3) is 0.400. The van der Waals surface area contributed by atoms with Gasteiger partial charge < -0.3 is 15.2 Å². The van der Waals surface area contributed by atoms with Crippen molar-refractivity contribution in [1.29, 1.82) is 5.26 Å². The number of aliphatic carboxylic acids is 1. The summed E-state index contributed by atoms with van der Waals surface area (Å²) in [6.45, 7) is 4.84. The first-order valence-corrected chi connectivity index (χ1v) is 6.93. The SMILES string of the molecule is CC(C)(C)OC(=O)NC(Cc1cc(C#N)ccc1[N+](=O)[O-])C(=O)O. The number of hydrogen-bond acceptors (Lipinski definition) is 6. The van der Waals surface area contributed by atoms with Crippen LogP contribution >= 0.6 is 0 Å². The van der Waals surface area contributed by atoms with E-state index in [1.54, 1.807) is 20.8 Å². The second-order valence-electron chi connectivity index (χ2n) is 5.95. The van der Waals surface area contributed by atoms with Gasteiger partial charge in [-0.2, -0.15) is 5.26 Å². The number of carboxylic acid groups (broad SMARTS) is 1. The third kappa shape index (κ3) is 5.57. The average molecular weight is 335 g/mol. The fourth-order valence-corrected chi connectivity index (χ4v) is 1.87. The van der Waals surface area contributed by atoms with Gasteiger partial charge in [0.25, 0.3) is 5.69 Å². The largest absolute Gasteiger partial charge is 0.480 e. The number of nitro groups is 1. The maximum atomic E-state index is 11.7. The van der Waals surface area contributed by atoms with Gasteiger partial charge in [-0.25, -0.2) is 9.59 Å². The molecule has 0 radical (unpaired) electrons. The number of hydrogen-bond donors (Lipinski definition) is 2. The van der Waals surface area contributed by atoms with Crippen LogP contribution < -0.4 is 5.32 Å². The number of carbonyl (C=O) groups is 2. The number of benzene rings is 1. The predicted molar refractivity (Wildman–Crippen MR) is 82.3 cm³/mol. The summed E-state index contributed by atoms with van der Waals surface area (Å²) in [6, 6.07) is 4.00. The summed E-state index contributed by atoms with van der Waals surface area (Å²) >= 11 is 0. The van der Waals surface area contributed by atoms with Gasteiger partial charge in [0.05, 0.1) is 16.6 Å². The van der Waals surface area contributed by atoms with Crippen LogP contribution in [0.4, 0.5) is 10.5 Å². The molecule has 24 heavy (non-hydrogen) atoms. The maximum Gasteiger partial charge on any atom is 0.408 e. The standard InChI is InChI=1S/C15H17N3O6/c1-15(2,3)24-14(21)17-11(13(19)20)7-10-6-9(8-16)4-5-12(10)18(22)23/h4-6,11H,7H2,1-3H3,(H,17,21)(H,19,20). The van der Waals surface area contributed by atoms with Gasteiger partial charge >= 0.3 is 12.1 Å². The van der Waals surface area contributed by atoms with E-state index in [1.807, 2.05) is 6.07 Å². The number of alkyl carbamates (subject to hydrolysis) is 1. The molecule has 9 nitrogen and oxygen atoms in total. The molecule has 0 aliphatic heterocycles. The quantitative estimate of drug-likeness (QED) is 0.618. The molecule has 0 bridgehead atoms. The van der Waals surface area contributed by atoms with Crippen LogP contribution in [0.15, 0.2) is 18.2 Å². The lowest BCUT2D eigenvalue weighted by molar-refractivity contribution is -0.385. The number of ether oxygens (including phenoxy) is 1. The molecular formula is C15H17N3O6. The summed E-state index contributed by atoms with van der Waals surface area (Å²) < 4.78 is 4.98. The molecule has 1 amide bonds. The van der Waals surface area contributed by atoms with Gasteiger partial charge in [0.1, 0.15) is 11.6 Å². The zero-order chi connectivity index (χ0) is 18.5. The smallest absolute Gasteiger partial charge is 0.408 e. The van der Waals surface area contributed by atoms with Crippen LogP contribution in [-0.4, -0.2) is 33.7 Å². The maximum absolute atomic E-state index is 11.7. The highest BCUT2D eigenvalue weighted by Gasteiger charge is 2.27. The first-order chi connectivity index (χ1) is 11.0. The molecule has 0 fully saturated rings. The normalized spacial score (nSPS) is 11.9. The van der Waals surface area contributed by atoms with E-state index in [4.69, 9.17) is 10.00 Å². The first-order valence-electron chi connectivity index (χ1n) is 6.93. The van der Waals surface area contributed by atoms with Crippen molar-refractivity contribution in [3.05, 3.63) is 39.4 Å². The first kappa shape index (κ1) is 18.9. The summed E-state index contributed by atoms with van der Waals surface area (Å²) in [6.07, 6.45) is -1.31. The van der Waals surface area contributed by atoms with Gasteiger partial charge in [0, 0.05) is 18.1 Å². The van der Waals surface area contributed by atoms with Crippen LogP contribution in [0.3, 0.4) is 0 Å². The van der Waals surface area contributed by atoms with Crippen molar-refractivity contribution in [1.82, 2.24) is 5.32 Å². The van der Waals surface area contributed by atoms with Crippen LogP contribution in [0.1, 0.15) is 31.9 Å². The molecule has 1 aromatic rings. The molecule has 9 heteroatoms. The third-order valence-corrected chi connectivity index (χ3v) is 2.82. The average Bonchev–Trinajstić information content (AvgIpc) is 2.43. The van der Waals surface area contributed by atoms with Gasteiger partial charge in [0.2, 0.25) is 0 Å². The number of nitrogens with one attached hydrogen (secondary N) is 1. The van der Waals surface area contributed by atoms with Crippen molar-refractivity contribution in [2.24, 2.45) is 0 Å². The Hall–Kier alpha value is -3.15. The summed E-state index contributed by atoms with van der Waals surface area (Å²) in [5.74, 6) is -1.38. The molecule has 1 rings (SSSR count). The van der Waals surface area contributed by atoms with E-state index >= 15 is 0 Å². The molecule has 128 valence electrons. The highest BCUT2D eigenvalue weighted by atomic mass is 16.6. The van der Waals surface area contributed by atoms with E-state index < -0.39 is 28.6 Å². The van der Waals surface area contributed by atoms with E-state index in [0.29, 0.717) is 0 Å². The van der Waals surface area contributed by atoms with Gasteiger partial charge in [-0.15, -0.1) is 0 Å². The Kier molecular flexibility index (Phi) is 5.84. The Balaban J connectivity index is 3.05. The van der Waals surface area contributed by atoms with Crippen LogP contribution in [0.5, 0.6) is 0 Å². The lowest BCUT2D eigenvalue weighted by atomic mass is 10.0. The highest BCUT2D eigenvalue weighted by molar-refractivity contribution is 5.80. The van der Waals surface area contributed by atoms with E-state index in [-0.39, 0.29) is 23.2 Å². The third-order valence-electron chi connectivity index (χ3n) is 2.82. The van der Waals surface area contributed by atoms with Crippen molar-refractivity contribution >= 4 is 17.7 Å². The number of nitrogens with zero attached hydrogens (tertiary/aromatic N) is 2. The molecule has 0 saturated heterocycles. The van der Waals surface area contributed by atoms with Crippen molar-refractivity contribution in [2.75, 3.05) is 0 Å². The molecule has 1 unspecified atom stereocenters. The molecule has 0 aliphatic rings. The molecule has 1 aromatic carbocycles. The van der Waals surface area contributed by atoms with Crippen molar-refractivity contribution in [3.8, 4) is 6.07 Å². The molecule has 0 aromatic heterocycles. The number of amides is 1. The highest BCUT2D eigenvalue weighted by Crippen LogP contribution is 2.21. The number of carbonyl (C=O) groups excluding carboxylic acids is 1. The van der Waals surface area contributed by atoms with Gasteiger partial charge in [0.15, 0.2) is 0 Å². The van der Waals surface area contributed by atoms with Crippen LogP contribution in [0.2, 0.25) is 0 Å². The Labute approximate surface area is 138 Å². The number of nitro benzene ring substituents is 1. The minimum atomic E-state index is -1.44. The molecule has 0 aliphatic carbocycles. The molecule has 0 saturated carbocycles. The lowest BCUT2D eigenvalue weighted by Gasteiger charge is -2.22. The Morgan fingerprint density at radius 3 is 2.54 bits per heavy atom. The van der Waals surface area contributed by atoms with Crippen molar-refractivity contribution in [2.45, 2.75) is 38.8 Å². The van der Waals surface area contributed by atoms with Gasteiger partial charge in [-0.05, 0) is 32.9 Å². The second-order valence-corrected chi connectivity index (χ2v) is 5.95. The monoisotopic (exact) mass is 335 g/mol. The fourth-order valence-electron chi connectivity index (χ4n) is 1.87. The zero-order valence-corrected chi connectivity index (χ0v) is 13.4. The molecule has 2 N–H and O–H groups in total. The minimum absolute atomic E-state index is 0.0301. The second kappa shape index (κ2) is 7.41. The summed E-state index contributed by atoms with van der Waals surface area (Å²) in [5.41, 5.74) is -0.967. The summed E-state index contributed by atoms with van der Waals surface area (Å²) in [5, 5.41) is 31.3. The minimum Gasteiger partial charge on any atom is -0.480 e. The van der Waals surface area contributed by atoms with Crippen molar-refractivity contribution < 1.29 is 24.4 Å². The molecule has 1 atom stereocenters. The number of rotatable bonds is 5. The van der Waals surface area contributed by atoms with E-state index in [1.165, 1.54) is 12.1 Å². The van der Waals surface area contributed by atoms with Crippen LogP contribution in [0.25, 0.3) is 0 Å². The van der Waals surface area contributed by atoms with Crippen molar-refractivity contribution in [3.63, 3.8) is 0 Å². The van der Waals surface area contributed by atoms with Gasteiger partial charge in [-0.3, -0.25) is 10.1 Å². The van der Waals surface area contributed by atoms with E-state index in [2.05, 4.69) is 5.32 Å². The molecular weight excluding hydrogens is 318 g/mol. The van der Waals surface area contributed by atoms with Gasteiger partial charge in [-0.1, -0.05) is 0 Å². The van der Waals surface area contributed by atoms with E-state index in [9.17, 15) is 24.8 Å². The number of carboxylic acids is 1. The van der Waals surface area contributed by atoms with E-state index in [0.717, 1.165) is 6.07 Å². The lowest BCUT2D eigenvalue weighted by Crippen LogP contribution is -2.44. The Bertz CT molecular complexity index is 702. The summed E-state index contributed by atoms with van der Waals surface area (Å²) in [4.78, 5) is 33.4. The Morgan fingerprint density at radius 2 is 2.08 bits per heavy atom. The topological polar surface area (TPSA) is 143 Å². The molecule has 0 heterocycles.